The van der Waals surface area contributed by atoms with E-state index in [4.69, 9.17) is 4.74 Å². The number of hydrogen-bond donors (Lipinski definition) is 1. The standard InChI is InChI=1S/C17H18FNO/c1-20-17-7-6-15(18)9-13(17)8-14-11-19-10-12-4-2-3-5-16(12)14/h2-7,9,14,19H,8,10-11H2,1H3. The summed E-state index contributed by atoms with van der Waals surface area (Å²) in [4.78, 5) is 0. The van der Waals surface area contributed by atoms with Gasteiger partial charge in [-0.1, -0.05) is 24.3 Å². The van der Waals surface area contributed by atoms with Crippen molar-refractivity contribution < 1.29 is 9.13 Å². The van der Waals surface area contributed by atoms with Crippen LogP contribution in [0.2, 0.25) is 0 Å². The molecule has 1 aliphatic rings. The Labute approximate surface area is 118 Å². The zero-order valence-electron chi connectivity index (χ0n) is 11.5. The third-order valence-corrected chi connectivity index (χ3v) is 3.91. The van der Waals surface area contributed by atoms with E-state index in [1.165, 1.54) is 17.2 Å². The van der Waals surface area contributed by atoms with E-state index in [-0.39, 0.29) is 5.82 Å². The van der Waals surface area contributed by atoms with Crippen molar-refractivity contribution in [2.75, 3.05) is 13.7 Å². The highest BCUT2D eigenvalue weighted by molar-refractivity contribution is 5.39. The van der Waals surface area contributed by atoms with Crippen molar-refractivity contribution in [2.24, 2.45) is 0 Å². The van der Waals surface area contributed by atoms with Gasteiger partial charge in [0.15, 0.2) is 0 Å². The normalized spacial score (nSPS) is 17.6. The number of fused-ring (bicyclic) bond motifs is 1. The number of halogens is 1. The van der Waals surface area contributed by atoms with Gasteiger partial charge < -0.3 is 10.1 Å². The van der Waals surface area contributed by atoms with Crippen LogP contribution in [0.15, 0.2) is 42.5 Å². The number of hydrogen-bond acceptors (Lipinski definition) is 2. The van der Waals surface area contributed by atoms with E-state index >= 15 is 0 Å². The second-order valence-electron chi connectivity index (χ2n) is 5.19. The molecule has 0 aliphatic carbocycles. The molecule has 1 atom stereocenters. The van der Waals surface area contributed by atoms with Gasteiger partial charge in [-0.2, -0.15) is 0 Å². The molecule has 0 radical (unpaired) electrons. The summed E-state index contributed by atoms with van der Waals surface area (Å²) in [5, 5.41) is 3.43. The minimum atomic E-state index is -0.210. The third kappa shape index (κ3) is 2.54. The zero-order valence-corrected chi connectivity index (χ0v) is 11.5. The maximum Gasteiger partial charge on any atom is 0.123 e. The first-order chi connectivity index (χ1) is 9.78. The lowest BCUT2D eigenvalue weighted by atomic mass is 9.86. The second-order valence-corrected chi connectivity index (χ2v) is 5.19. The molecule has 0 spiro atoms. The maximum absolute atomic E-state index is 13.5. The van der Waals surface area contributed by atoms with Gasteiger partial charge in [-0.25, -0.2) is 4.39 Å². The molecule has 0 aromatic heterocycles. The molecule has 0 saturated carbocycles. The summed E-state index contributed by atoms with van der Waals surface area (Å²) in [6.07, 6.45) is 0.783. The Kier molecular flexibility index (Phi) is 3.70. The van der Waals surface area contributed by atoms with E-state index in [2.05, 4.69) is 29.6 Å². The van der Waals surface area contributed by atoms with Gasteiger partial charge in [-0.3, -0.25) is 0 Å². The minimum Gasteiger partial charge on any atom is -0.496 e. The van der Waals surface area contributed by atoms with Gasteiger partial charge in [-0.05, 0) is 41.3 Å². The molecule has 1 unspecified atom stereocenters. The maximum atomic E-state index is 13.5. The van der Waals surface area contributed by atoms with Crippen molar-refractivity contribution in [1.82, 2.24) is 5.32 Å². The second kappa shape index (κ2) is 5.63. The van der Waals surface area contributed by atoms with Crippen molar-refractivity contribution >= 4 is 0 Å². The lowest BCUT2D eigenvalue weighted by Gasteiger charge is -2.27. The molecule has 1 N–H and O–H groups in total. The van der Waals surface area contributed by atoms with E-state index in [0.717, 1.165) is 30.8 Å². The van der Waals surface area contributed by atoms with Crippen LogP contribution in [0.25, 0.3) is 0 Å². The number of nitrogens with one attached hydrogen (secondary N) is 1. The van der Waals surface area contributed by atoms with Crippen LogP contribution >= 0.6 is 0 Å². The molecule has 0 bridgehead atoms. The molecule has 20 heavy (non-hydrogen) atoms. The summed E-state index contributed by atoms with van der Waals surface area (Å²) in [6.45, 7) is 1.82. The summed E-state index contributed by atoms with van der Waals surface area (Å²) >= 11 is 0. The first kappa shape index (κ1) is 13.1. The Morgan fingerprint density at radius 3 is 2.95 bits per heavy atom. The van der Waals surface area contributed by atoms with Crippen molar-refractivity contribution in [3.8, 4) is 5.75 Å². The van der Waals surface area contributed by atoms with E-state index in [0.29, 0.717) is 5.92 Å². The van der Waals surface area contributed by atoms with Crippen LogP contribution in [0.4, 0.5) is 4.39 Å². The topological polar surface area (TPSA) is 21.3 Å². The number of methoxy groups -OCH3 is 1. The average molecular weight is 271 g/mol. The molecule has 2 nitrogen and oxygen atoms in total. The molecule has 1 heterocycles. The van der Waals surface area contributed by atoms with Gasteiger partial charge in [0.05, 0.1) is 7.11 Å². The van der Waals surface area contributed by atoms with Gasteiger partial charge >= 0.3 is 0 Å². The monoisotopic (exact) mass is 271 g/mol. The van der Waals surface area contributed by atoms with Crippen LogP contribution in [0.3, 0.4) is 0 Å². The molecule has 2 aromatic carbocycles. The molecular formula is C17H18FNO. The zero-order chi connectivity index (χ0) is 13.9. The molecule has 0 saturated heterocycles. The molecule has 2 aromatic rings. The Hall–Kier alpha value is -1.87. The quantitative estimate of drug-likeness (QED) is 0.925. The molecule has 3 heteroatoms. The van der Waals surface area contributed by atoms with Crippen molar-refractivity contribution in [1.29, 1.82) is 0 Å². The lowest BCUT2D eigenvalue weighted by Crippen LogP contribution is -2.29. The number of rotatable bonds is 3. The predicted molar refractivity (Wildman–Crippen MR) is 77.5 cm³/mol. The van der Waals surface area contributed by atoms with Crippen molar-refractivity contribution in [3.63, 3.8) is 0 Å². The fourth-order valence-electron chi connectivity index (χ4n) is 2.94. The Morgan fingerprint density at radius 1 is 1.25 bits per heavy atom. The van der Waals surface area contributed by atoms with Crippen molar-refractivity contribution in [3.05, 3.63) is 65.0 Å². The molecule has 0 amide bonds. The predicted octanol–water partition coefficient (Wildman–Crippen LogP) is 3.26. The summed E-state index contributed by atoms with van der Waals surface area (Å²) < 4.78 is 18.8. The Morgan fingerprint density at radius 2 is 2.10 bits per heavy atom. The third-order valence-electron chi connectivity index (χ3n) is 3.91. The van der Waals surface area contributed by atoms with E-state index in [1.54, 1.807) is 19.2 Å². The molecule has 1 aliphatic heterocycles. The van der Waals surface area contributed by atoms with Crippen LogP contribution in [0.5, 0.6) is 5.75 Å². The van der Waals surface area contributed by atoms with E-state index in [1.807, 2.05) is 0 Å². The fourth-order valence-corrected chi connectivity index (χ4v) is 2.94. The van der Waals surface area contributed by atoms with Gasteiger partial charge in [0.25, 0.3) is 0 Å². The van der Waals surface area contributed by atoms with Crippen LogP contribution in [-0.4, -0.2) is 13.7 Å². The van der Waals surface area contributed by atoms with Crippen molar-refractivity contribution in [2.45, 2.75) is 18.9 Å². The largest absolute Gasteiger partial charge is 0.496 e. The first-order valence-corrected chi connectivity index (χ1v) is 6.89. The van der Waals surface area contributed by atoms with Gasteiger partial charge in [0.1, 0.15) is 11.6 Å². The Balaban J connectivity index is 1.91. The number of ether oxygens (including phenoxy) is 1. The highest BCUT2D eigenvalue weighted by atomic mass is 19.1. The van der Waals surface area contributed by atoms with Gasteiger partial charge in [-0.15, -0.1) is 0 Å². The minimum absolute atomic E-state index is 0.210. The molecule has 104 valence electrons. The molecule has 3 rings (SSSR count). The summed E-state index contributed by atoms with van der Waals surface area (Å²) in [5.41, 5.74) is 3.62. The highest BCUT2D eigenvalue weighted by Crippen LogP contribution is 2.30. The van der Waals surface area contributed by atoms with Gasteiger partial charge in [0.2, 0.25) is 0 Å². The summed E-state index contributed by atoms with van der Waals surface area (Å²) in [7, 11) is 1.63. The lowest BCUT2D eigenvalue weighted by molar-refractivity contribution is 0.405. The first-order valence-electron chi connectivity index (χ1n) is 6.89. The van der Waals surface area contributed by atoms with Crippen LogP contribution < -0.4 is 10.1 Å². The molecule has 0 fully saturated rings. The SMILES string of the molecule is COc1ccc(F)cc1CC1CNCc2ccccc21. The summed E-state index contributed by atoms with van der Waals surface area (Å²) in [6, 6.07) is 13.2. The fraction of sp³-hybridized carbons (Fsp3) is 0.294. The molecular weight excluding hydrogens is 253 g/mol. The van der Waals surface area contributed by atoms with Crippen LogP contribution in [-0.2, 0) is 13.0 Å². The van der Waals surface area contributed by atoms with Gasteiger partial charge in [0, 0.05) is 19.0 Å². The van der Waals surface area contributed by atoms with E-state index in [9.17, 15) is 4.39 Å². The number of benzene rings is 2. The van der Waals surface area contributed by atoms with Crippen LogP contribution in [0.1, 0.15) is 22.6 Å². The highest BCUT2D eigenvalue weighted by Gasteiger charge is 2.21. The average Bonchev–Trinajstić information content (AvgIpc) is 2.48. The Bertz CT molecular complexity index is 612. The van der Waals surface area contributed by atoms with Crippen LogP contribution in [0, 0.1) is 5.82 Å². The summed E-state index contributed by atoms with van der Waals surface area (Å²) in [5.74, 6) is 0.906. The smallest absolute Gasteiger partial charge is 0.123 e. The van der Waals surface area contributed by atoms with E-state index < -0.39 is 0 Å².